The Hall–Kier alpha value is -1.42. The Kier molecular flexibility index (Phi) is 3.19. The van der Waals surface area contributed by atoms with E-state index in [-0.39, 0.29) is 11.9 Å². The normalized spacial score (nSPS) is 24.4. The van der Waals surface area contributed by atoms with Gasteiger partial charge in [-0.3, -0.25) is 9.69 Å². The Bertz CT molecular complexity index is 366. The maximum Gasteiger partial charge on any atom is 0.245 e. The molecule has 1 N–H and O–H groups in total. The van der Waals surface area contributed by atoms with E-state index in [9.17, 15) is 4.79 Å². The van der Waals surface area contributed by atoms with Gasteiger partial charge >= 0.3 is 0 Å². The van der Waals surface area contributed by atoms with Crippen LogP contribution >= 0.6 is 0 Å². The summed E-state index contributed by atoms with van der Waals surface area (Å²) in [5.74, 6) is 1.20. The van der Waals surface area contributed by atoms with E-state index in [1.54, 1.807) is 18.1 Å². The molecule has 0 bridgehead atoms. The van der Waals surface area contributed by atoms with Crippen LogP contribution in [0.2, 0.25) is 0 Å². The Morgan fingerprint density at radius 2 is 2.38 bits per heavy atom. The molecule has 2 unspecified atom stereocenters. The van der Waals surface area contributed by atoms with Crippen LogP contribution in [0.15, 0.2) is 24.4 Å². The first-order valence-corrected chi connectivity index (χ1v) is 5.62. The van der Waals surface area contributed by atoms with Crippen LogP contribution in [-0.2, 0) is 4.79 Å². The highest BCUT2D eigenvalue weighted by Crippen LogP contribution is 2.18. The third-order valence-electron chi connectivity index (χ3n) is 3.12. The summed E-state index contributed by atoms with van der Waals surface area (Å²) in [6.45, 7) is 3.03. The van der Waals surface area contributed by atoms with Crippen molar-refractivity contribution < 1.29 is 4.79 Å². The van der Waals surface area contributed by atoms with E-state index in [1.807, 2.05) is 18.2 Å². The van der Waals surface area contributed by atoms with Crippen LogP contribution in [0.3, 0.4) is 0 Å². The molecule has 1 aromatic rings. The fourth-order valence-electron chi connectivity index (χ4n) is 2.04. The number of pyridine rings is 1. The molecule has 86 valence electrons. The number of rotatable bonds is 2. The van der Waals surface area contributed by atoms with Crippen molar-refractivity contribution in [1.82, 2.24) is 10.3 Å². The molecule has 1 fully saturated rings. The van der Waals surface area contributed by atoms with Crippen molar-refractivity contribution in [3.8, 4) is 0 Å². The monoisotopic (exact) mass is 219 g/mol. The zero-order chi connectivity index (χ0) is 11.5. The minimum atomic E-state index is -0.0630. The summed E-state index contributed by atoms with van der Waals surface area (Å²) >= 11 is 0. The van der Waals surface area contributed by atoms with Gasteiger partial charge in [0, 0.05) is 13.2 Å². The Morgan fingerprint density at radius 3 is 2.94 bits per heavy atom. The number of aromatic nitrogens is 1. The van der Waals surface area contributed by atoms with Gasteiger partial charge in [0.2, 0.25) is 5.91 Å². The fourth-order valence-corrected chi connectivity index (χ4v) is 2.04. The maximum atomic E-state index is 12.2. The largest absolute Gasteiger partial charge is 0.306 e. The van der Waals surface area contributed by atoms with Gasteiger partial charge in [-0.2, -0.15) is 0 Å². The summed E-state index contributed by atoms with van der Waals surface area (Å²) in [6.07, 6.45) is 2.76. The molecule has 0 spiro atoms. The van der Waals surface area contributed by atoms with E-state index in [0.717, 1.165) is 13.0 Å². The van der Waals surface area contributed by atoms with Gasteiger partial charge < -0.3 is 5.32 Å². The molecule has 0 radical (unpaired) electrons. The first-order valence-electron chi connectivity index (χ1n) is 5.62. The third-order valence-corrected chi connectivity index (χ3v) is 3.12. The minimum absolute atomic E-state index is 0.0630. The summed E-state index contributed by atoms with van der Waals surface area (Å²) < 4.78 is 0. The average Bonchev–Trinajstić information content (AvgIpc) is 2.75. The predicted molar refractivity (Wildman–Crippen MR) is 63.2 cm³/mol. The molecule has 2 atom stereocenters. The van der Waals surface area contributed by atoms with Crippen molar-refractivity contribution >= 4 is 11.7 Å². The maximum absolute atomic E-state index is 12.2. The number of anilines is 1. The van der Waals surface area contributed by atoms with E-state index in [2.05, 4.69) is 17.2 Å². The molecule has 1 saturated heterocycles. The molecule has 0 aromatic carbocycles. The quantitative estimate of drug-likeness (QED) is 0.808. The molecule has 4 nitrogen and oxygen atoms in total. The number of likely N-dealkylation sites (N-methyl/N-ethyl adjacent to an activating group) is 1. The lowest BCUT2D eigenvalue weighted by atomic mass is 10.0. The van der Waals surface area contributed by atoms with Crippen molar-refractivity contribution in [2.45, 2.75) is 19.4 Å². The average molecular weight is 219 g/mol. The summed E-state index contributed by atoms with van der Waals surface area (Å²) in [5.41, 5.74) is 0. The van der Waals surface area contributed by atoms with Crippen molar-refractivity contribution in [3.05, 3.63) is 24.4 Å². The summed E-state index contributed by atoms with van der Waals surface area (Å²) in [5, 5.41) is 3.24. The van der Waals surface area contributed by atoms with Gasteiger partial charge in [-0.1, -0.05) is 13.0 Å². The number of carbonyl (C=O) groups is 1. The highest BCUT2D eigenvalue weighted by atomic mass is 16.2. The van der Waals surface area contributed by atoms with Gasteiger partial charge in [0.05, 0.1) is 6.04 Å². The zero-order valence-corrected chi connectivity index (χ0v) is 9.68. The number of carbonyl (C=O) groups excluding carboxylic acids is 1. The van der Waals surface area contributed by atoms with Crippen LogP contribution < -0.4 is 10.2 Å². The molecule has 1 amide bonds. The minimum Gasteiger partial charge on any atom is -0.306 e. The van der Waals surface area contributed by atoms with Crippen molar-refractivity contribution in [1.29, 1.82) is 0 Å². The van der Waals surface area contributed by atoms with E-state index in [4.69, 9.17) is 0 Å². The van der Waals surface area contributed by atoms with E-state index >= 15 is 0 Å². The van der Waals surface area contributed by atoms with Gasteiger partial charge in [0.25, 0.3) is 0 Å². The number of hydrogen-bond acceptors (Lipinski definition) is 3. The highest BCUT2D eigenvalue weighted by molar-refractivity contribution is 5.96. The molecule has 2 rings (SSSR count). The van der Waals surface area contributed by atoms with Crippen LogP contribution in [0.25, 0.3) is 0 Å². The number of amides is 1. The van der Waals surface area contributed by atoms with Crippen LogP contribution in [0.4, 0.5) is 5.82 Å². The second kappa shape index (κ2) is 4.61. The zero-order valence-electron chi connectivity index (χ0n) is 9.68. The first-order chi connectivity index (χ1) is 7.70. The second-order valence-corrected chi connectivity index (χ2v) is 4.28. The van der Waals surface area contributed by atoms with Crippen molar-refractivity contribution in [2.24, 2.45) is 5.92 Å². The second-order valence-electron chi connectivity index (χ2n) is 4.28. The third kappa shape index (κ3) is 2.07. The summed E-state index contributed by atoms with van der Waals surface area (Å²) in [7, 11) is 1.78. The number of nitrogens with one attached hydrogen (secondary N) is 1. The van der Waals surface area contributed by atoms with Gasteiger partial charge in [0.15, 0.2) is 0 Å². The molecular formula is C12H17N3O. The topological polar surface area (TPSA) is 45.2 Å². The van der Waals surface area contributed by atoms with Gasteiger partial charge in [-0.05, 0) is 31.0 Å². The number of nitrogens with zero attached hydrogens (tertiary/aromatic N) is 2. The first kappa shape index (κ1) is 11.1. The molecule has 4 heteroatoms. The molecule has 0 aliphatic carbocycles. The molecule has 1 aliphatic heterocycles. The lowest BCUT2D eigenvalue weighted by Crippen LogP contribution is -2.44. The van der Waals surface area contributed by atoms with Crippen molar-refractivity contribution in [3.63, 3.8) is 0 Å². The van der Waals surface area contributed by atoms with Gasteiger partial charge in [0.1, 0.15) is 5.82 Å². The van der Waals surface area contributed by atoms with Crippen LogP contribution in [0.1, 0.15) is 13.3 Å². The molecule has 1 aliphatic rings. The molecule has 0 saturated carbocycles. The van der Waals surface area contributed by atoms with E-state index in [0.29, 0.717) is 11.7 Å². The Morgan fingerprint density at radius 1 is 1.56 bits per heavy atom. The summed E-state index contributed by atoms with van der Waals surface area (Å²) in [6, 6.07) is 5.51. The lowest BCUT2D eigenvalue weighted by Gasteiger charge is -2.22. The molecule has 16 heavy (non-hydrogen) atoms. The Balaban J connectivity index is 2.10. The standard InChI is InChI=1S/C12H17N3O/c1-9-6-8-14-11(9)12(16)15(2)10-5-3-4-7-13-10/h3-5,7,9,11,14H,6,8H2,1-2H3. The highest BCUT2D eigenvalue weighted by Gasteiger charge is 2.31. The molecular weight excluding hydrogens is 202 g/mol. The van der Waals surface area contributed by atoms with Gasteiger partial charge in [-0.25, -0.2) is 4.98 Å². The smallest absolute Gasteiger partial charge is 0.245 e. The van der Waals surface area contributed by atoms with Crippen LogP contribution in [-0.4, -0.2) is 30.5 Å². The van der Waals surface area contributed by atoms with Gasteiger partial charge in [-0.15, -0.1) is 0 Å². The fraction of sp³-hybridized carbons (Fsp3) is 0.500. The summed E-state index contributed by atoms with van der Waals surface area (Å²) in [4.78, 5) is 18.0. The SMILES string of the molecule is CC1CCNC1C(=O)N(C)c1ccccn1. The van der Waals surface area contributed by atoms with Crippen LogP contribution in [0, 0.1) is 5.92 Å². The van der Waals surface area contributed by atoms with Crippen LogP contribution in [0.5, 0.6) is 0 Å². The number of hydrogen-bond donors (Lipinski definition) is 1. The molecule has 1 aromatic heterocycles. The van der Waals surface area contributed by atoms with E-state index in [1.165, 1.54) is 0 Å². The predicted octanol–water partition coefficient (Wildman–Crippen LogP) is 1.04. The Labute approximate surface area is 95.7 Å². The van der Waals surface area contributed by atoms with Crippen molar-refractivity contribution in [2.75, 3.05) is 18.5 Å². The lowest BCUT2D eigenvalue weighted by molar-refractivity contribution is -0.120. The molecule has 2 heterocycles. The van der Waals surface area contributed by atoms with E-state index < -0.39 is 0 Å².